The van der Waals surface area contributed by atoms with E-state index >= 15 is 0 Å². The summed E-state index contributed by atoms with van der Waals surface area (Å²) in [6, 6.07) is 5.90. The van der Waals surface area contributed by atoms with Gasteiger partial charge in [-0.3, -0.25) is 14.7 Å². The first-order valence-corrected chi connectivity index (χ1v) is 8.48. The van der Waals surface area contributed by atoms with E-state index in [1.807, 2.05) is 52.0 Å². The average Bonchev–Trinajstić information content (AvgIpc) is 3.03. The van der Waals surface area contributed by atoms with Crippen LogP contribution in [-0.4, -0.2) is 34.9 Å². The highest BCUT2D eigenvalue weighted by atomic mass is 32.2. The van der Waals surface area contributed by atoms with Crippen molar-refractivity contribution in [2.75, 3.05) is 6.79 Å². The molecule has 23 heavy (non-hydrogen) atoms. The second-order valence-corrected chi connectivity index (χ2v) is 7.01. The maximum atomic E-state index is 12.7. The molecule has 122 valence electrons. The number of carbonyl (C=O) groups excluding carboxylic acids is 1. The molecule has 0 aliphatic carbocycles. The minimum atomic E-state index is 0.00191. The number of aliphatic imine (C=N–C) groups is 1. The summed E-state index contributed by atoms with van der Waals surface area (Å²) in [6.45, 7) is 8.26. The summed E-state index contributed by atoms with van der Waals surface area (Å²) < 4.78 is 10.7. The standard InChI is InChI=1S/C17H20N2O3S/c1-10(2)18-17-19(11(3)4)16(20)15(23-17)8-12-5-6-13-14(7-12)22-9-21-13/h5-8,10-11H,9H2,1-4H3/b15-8+,18-17?. The molecule has 2 heterocycles. The van der Waals surface area contributed by atoms with Gasteiger partial charge in [0.2, 0.25) is 6.79 Å². The van der Waals surface area contributed by atoms with Gasteiger partial charge in [-0.15, -0.1) is 0 Å². The van der Waals surface area contributed by atoms with Gasteiger partial charge in [0.05, 0.1) is 4.91 Å². The molecule has 0 aromatic heterocycles. The van der Waals surface area contributed by atoms with Crippen LogP contribution >= 0.6 is 11.8 Å². The van der Waals surface area contributed by atoms with Crippen molar-refractivity contribution in [3.63, 3.8) is 0 Å². The van der Waals surface area contributed by atoms with Crippen LogP contribution in [0.4, 0.5) is 0 Å². The lowest BCUT2D eigenvalue weighted by atomic mass is 10.2. The zero-order valence-electron chi connectivity index (χ0n) is 13.7. The predicted octanol–water partition coefficient (Wildman–Crippen LogP) is 3.50. The monoisotopic (exact) mass is 332 g/mol. The van der Waals surface area contributed by atoms with Gasteiger partial charge in [0, 0.05) is 12.1 Å². The molecule has 2 aliphatic rings. The molecule has 0 saturated carbocycles. The fourth-order valence-corrected chi connectivity index (χ4v) is 3.64. The topological polar surface area (TPSA) is 51.1 Å². The van der Waals surface area contributed by atoms with E-state index < -0.39 is 0 Å². The lowest BCUT2D eigenvalue weighted by Crippen LogP contribution is -2.35. The molecule has 1 aromatic rings. The number of amides is 1. The van der Waals surface area contributed by atoms with E-state index in [1.165, 1.54) is 11.8 Å². The minimum Gasteiger partial charge on any atom is -0.454 e. The Morgan fingerprint density at radius 2 is 1.96 bits per heavy atom. The first-order chi connectivity index (χ1) is 11.0. The molecule has 1 amide bonds. The van der Waals surface area contributed by atoms with Crippen LogP contribution in [0.5, 0.6) is 11.5 Å². The Bertz CT molecular complexity index is 695. The normalized spacial score (nSPS) is 20.6. The molecule has 0 bridgehead atoms. The SMILES string of the molecule is CC(C)N=C1S/C(=C/c2ccc3c(c2)OCO3)C(=O)N1C(C)C. The van der Waals surface area contributed by atoms with Crippen LogP contribution in [0.25, 0.3) is 6.08 Å². The van der Waals surface area contributed by atoms with Crippen LogP contribution < -0.4 is 9.47 Å². The Morgan fingerprint density at radius 3 is 2.65 bits per heavy atom. The molecule has 1 aromatic carbocycles. The predicted molar refractivity (Wildman–Crippen MR) is 92.7 cm³/mol. The van der Waals surface area contributed by atoms with Gasteiger partial charge in [0.1, 0.15) is 0 Å². The molecule has 2 aliphatic heterocycles. The molecule has 0 unspecified atom stereocenters. The van der Waals surface area contributed by atoms with Crippen LogP contribution in [0.15, 0.2) is 28.1 Å². The number of hydrogen-bond acceptors (Lipinski definition) is 5. The summed E-state index contributed by atoms with van der Waals surface area (Å²) in [5, 5.41) is 0.770. The molecule has 3 rings (SSSR count). The number of carbonyl (C=O) groups is 1. The van der Waals surface area contributed by atoms with E-state index in [9.17, 15) is 4.79 Å². The van der Waals surface area contributed by atoms with Gasteiger partial charge in [0.25, 0.3) is 5.91 Å². The van der Waals surface area contributed by atoms with Crippen LogP contribution in [0.2, 0.25) is 0 Å². The van der Waals surface area contributed by atoms with E-state index in [4.69, 9.17) is 9.47 Å². The van der Waals surface area contributed by atoms with Crippen molar-refractivity contribution in [3.8, 4) is 11.5 Å². The summed E-state index contributed by atoms with van der Waals surface area (Å²) in [6.07, 6.45) is 1.88. The molecule has 0 spiro atoms. The van der Waals surface area contributed by atoms with Crippen LogP contribution in [0, 0.1) is 0 Å². The van der Waals surface area contributed by atoms with Crippen molar-refractivity contribution < 1.29 is 14.3 Å². The van der Waals surface area contributed by atoms with E-state index in [2.05, 4.69) is 4.99 Å². The van der Waals surface area contributed by atoms with E-state index in [-0.39, 0.29) is 24.8 Å². The summed E-state index contributed by atoms with van der Waals surface area (Å²) in [4.78, 5) is 19.7. The third kappa shape index (κ3) is 3.22. The van der Waals surface area contributed by atoms with Crippen LogP contribution in [0.3, 0.4) is 0 Å². The third-order valence-electron chi connectivity index (χ3n) is 3.42. The van der Waals surface area contributed by atoms with Gasteiger partial charge in [-0.25, -0.2) is 0 Å². The molecule has 0 atom stereocenters. The van der Waals surface area contributed by atoms with Crippen molar-refractivity contribution >= 4 is 28.9 Å². The Hall–Kier alpha value is -1.95. The number of ether oxygens (including phenoxy) is 2. The number of benzene rings is 1. The smallest absolute Gasteiger partial charge is 0.266 e. The summed E-state index contributed by atoms with van der Waals surface area (Å²) in [5.74, 6) is 1.46. The van der Waals surface area contributed by atoms with Crippen molar-refractivity contribution in [1.82, 2.24) is 4.90 Å². The second kappa shape index (κ2) is 6.28. The van der Waals surface area contributed by atoms with Gasteiger partial charge in [-0.1, -0.05) is 6.07 Å². The first kappa shape index (κ1) is 15.9. The van der Waals surface area contributed by atoms with Gasteiger partial charge in [0.15, 0.2) is 16.7 Å². The maximum absolute atomic E-state index is 12.7. The van der Waals surface area contributed by atoms with E-state index in [0.29, 0.717) is 10.7 Å². The van der Waals surface area contributed by atoms with Crippen LogP contribution in [-0.2, 0) is 4.79 Å². The summed E-state index contributed by atoms with van der Waals surface area (Å²) in [7, 11) is 0. The quantitative estimate of drug-likeness (QED) is 0.795. The Morgan fingerprint density at radius 1 is 1.22 bits per heavy atom. The fourth-order valence-electron chi connectivity index (χ4n) is 2.41. The van der Waals surface area contributed by atoms with Crippen molar-refractivity contribution in [2.45, 2.75) is 39.8 Å². The number of fused-ring (bicyclic) bond motifs is 1. The number of hydrogen-bond donors (Lipinski definition) is 0. The molecule has 0 N–H and O–H groups in total. The average molecular weight is 332 g/mol. The first-order valence-electron chi connectivity index (χ1n) is 7.66. The summed E-state index contributed by atoms with van der Waals surface area (Å²) in [5.41, 5.74) is 0.916. The highest BCUT2D eigenvalue weighted by Gasteiger charge is 2.35. The number of amidine groups is 1. The highest BCUT2D eigenvalue weighted by Crippen LogP contribution is 2.37. The van der Waals surface area contributed by atoms with Crippen LogP contribution in [0.1, 0.15) is 33.3 Å². The number of thioether (sulfide) groups is 1. The highest BCUT2D eigenvalue weighted by molar-refractivity contribution is 8.18. The Labute approximate surface area is 140 Å². The Kier molecular flexibility index (Phi) is 4.35. The van der Waals surface area contributed by atoms with E-state index in [0.717, 1.165) is 16.5 Å². The molecule has 0 radical (unpaired) electrons. The van der Waals surface area contributed by atoms with E-state index in [1.54, 1.807) is 4.90 Å². The largest absolute Gasteiger partial charge is 0.454 e. The van der Waals surface area contributed by atoms with Gasteiger partial charge in [-0.2, -0.15) is 0 Å². The molecule has 5 nitrogen and oxygen atoms in total. The number of nitrogens with zero attached hydrogens (tertiary/aromatic N) is 2. The van der Waals surface area contributed by atoms with Crippen molar-refractivity contribution in [2.24, 2.45) is 4.99 Å². The Balaban J connectivity index is 1.92. The third-order valence-corrected chi connectivity index (χ3v) is 4.41. The fraction of sp³-hybridized carbons (Fsp3) is 0.412. The molecule has 6 heteroatoms. The number of rotatable bonds is 3. The second-order valence-electron chi connectivity index (χ2n) is 6.00. The zero-order valence-corrected chi connectivity index (χ0v) is 14.5. The zero-order chi connectivity index (χ0) is 16.6. The molecule has 1 saturated heterocycles. The lowest BCUT2D eigenvalue weighted by Gasteiger charge is -2.20. The molecular formula is C17H20N2O3S. The lowest BCUT2D eigenvalue weighted by molar-refractivity contribution is -0.123. The maximum Gasteiger partial charge on any atom is 0.266 e. The molecular weight excluding hydrogens is 312 g/mol. The molecule has 1 fully saturated rings. The van der Waals surface area contributed by atoms with Crippen molar-refractivity contribution in [3.05, 3.63) is 28.7 Å². The minimum absolute atomic E-state index is 0.00191. The van der Waals surface area contributed by atoms with Gasteiger partial charge >= 0.3 is 0 Å². The van der Waals surface area contributed by atoms with Crippen molar-refractivity contribution in [1.29, 1.82) is 0 Å². The summed E-state index contributed by atoms with van der Waals surface area (Å²) >= 11 is 1.43. The van der Waals surface area contributed by atoms with Gasteiger partial charge in [-0.05, 0) is 63.2 Å². The van der Waals surface area contributed by atoms with Gasteiger partial charge < -0.3 is 9.47 Å².